The van der Waals surface area contributed by atoms with E-state index in [1.165, 1.54) is 0 Å². The molecule has 0 saturated carbocycles. The molecule has 1 rings (SSSR count). The van der Waals surface area contributed by atoms with Gasteiger partial charge in [-0.15, -0.1) is 0 Å². The van der Waals surface area contributed by atoms with Crippen molar-refractivity contribution in [2.24, 2.45) is 0 Å². The van der Waals surface area contributed by atoms with Crippen molar-refractivity contribution < 1.29 is 9.53 Å². The highest BCUT2D eigenvalue weighted by Crippen LogP contribution is 2.01. The molecule has 0 spiro atoms. The summed E-state index contributed by atoms with van der Waals surface area (Å²) >= 11 is 0. The normalized spacial score (nSPS) is 21.7. The second-order valence-electron chi connectivity index (χ2n) is 4.10. The number of hydrogen-bond acceptors (Lipinski definition) is 4. The highest BCUT2D eigenvalue weighted by Gasteiger charge is 2.26. The third-order valence-electron chi connectivity index (χ3n) is 2.46. The van der Waals surface area contributed by atoms with E-state index in [0.717, 1.165) is 13.2 Å². The highest BCUT2D eigenvalue weighted by atomic mass is 16.5. The number of rotatable bonds is 6. The molecule has 1 unspecified atom stereocenters. The summed E-state index contributed by atoms with van der Waals surface area (Å²) in [6, 6.07) is -0.0354. The van der Waals surface area contributed by atoms with E-state index >= 15 is 0 Å². The number of likely N-dealkylation sites (N-methyl/N-ethyl adjacent to an activating group) is 1. The van der Waals surface area contributed by atoms with Gasteiger partial charge in [0.15, 0.2) is 0 Å². The van der Waals surface area contributed by atoms with Crippen LogP contribution < -0.4 is 5.32 Å². The van der Waals surface area contributed by atoms with Crippen molar-refractivity contribution in [1.29, 1.82) is 0 Å². The molecule has 1 N–H and O–H groups in total. The van der Waals surface area contributed by atoms with Gasteiger partial charge in [0.25, 0.3) is 0 Å². The average Bonchev–Trinajstić information content (AvgIpc) is 2.48. The summed E-state index contributed by atoms with van der Waals surface area (Å²) < 4.78 is 5.43. The molecule has 0 aromatic rings. The van der Waals surface area contributed by atoms with Gasteiger partial charge < -0.3 is 14.5 Å². The lowest BCUT2D eigenvalue weighted by Gasteiger charge is -2.15. The summed E-state index contributed by atoms with van der Waals surface area (Å²) in [5.41, 5.74) is 0. The predicted octanol–water partition coefficient (Wildman–Crippen LogP) is -0.658. The number of nitrogens with one attached hydrogen (secondary N) is 1. The van der Waals surface area contributed by atoms with Crippen molar-refractivity contribution in [3.05, 3.63) is 0 Å². The van der Waals surface area contributed by atoms with E-state index in [1.807, 2.05) is 21.0 Å². The van der Waals surface area contributed by atoms with Gasteiger partial charge in [-0.2, -0.15) is 0 Å². The number of carbonyl (C=O) groups is 1. The molecule has 1 atom stereocenters. The predicted molar refractivity (Wildman–Crippen MR) is 58.6 cm³/mol. The zero-order valence-corrected chi connectivity index (χ0v) is 9.82. The largest absolute Gasteiger partial charge is 0.378 e. The maximum atomic E-state index is 11.5. The molecule has 1 saturated heterocycles. The van der Waals surface area contributed by atoms with Gasteiger partial charge in [0.2, 0.25) is 5.91 Å². The molecule has 0 radical (unpaired) electrons. The number of amides is 1. The van der Waals surface area contributed by atoms with Gasteiger partial charge in [-0.25, -0.2) is 0 Å². The first-order valence-corrected chi connectivity index (χ1v) is 5.36. The smallest absolute Gasteiger partial charge is 0.240 e. The van der Waals surface area contributed by atoms with Gasteiger partial charge in [-0.3, -0.25) is 10.1 Å². The fourth-order valence-corrected chi connectivity index (χ4v) is 1.40. The van der Waals surface area contributed by atoms with Crippen LogP contribution in [0.1, 0.15) is 6.92 Å². The fourth-order valence-electron chi connectivity index (χ4n) is 1.40. The van der Waals surface area contributed by atoms with E-state index in [2.05, 4.69) is 10.2 Å². The Balaban J connectivity index is 2.03. The van der Waals surface area contributed by atoms with E-state index in [-0.39, 0.29) is 11.9 Å². The van der Waals surface area contributed by atoms with Crippen LogP contribution in [0.25, 0.3) is 0 Å². The summed E-state index contributed by atoms with van der Waals surface area (Å²) in [6.45, 7) is 5.48. The van der Waals surface area contributed by atoms with Gasteiger partial charge in [-0.05, 0) is 21.0 Å². The topological polar surface area (TPSA) is 44.8 Å². The minimum Gasteiger partial charge on any atom is -0.378 e. The van der Waals surface area contributed by atoms with Crippen molar-refractivity contribution in [1.82, 2.24) is 15.1 Å². The van der Waals surface area contributed by atoms with Crippen molar-refractivity contribution in [2.75, 3.05) is 47.1 Å². The Morgan fingerprint density at radius 2 is 2.27 bits per heavy atom. The molecule has 1 amide bonds. The van der Waals surface area contributed by atoms with E-state index < -0.39 is 0 Å². The maximum absolute atomic E-state index is 11.5. The van der Waals surface area contributed by atoms with E-state index in [4.69, 9.17) is 4.74 Å². The van der Waals surface area contributed by atoms with E-state index in [1.54, 1.807) is 4.90 Å². The monoisotopic (exact) mass is 215 g/mol. The van der Waals surface area contributed by atoms with Gasteiger partial charge in [0, 0.05) is 13.1 Å². The minimum absolute atomic E-state index is 0.0354. The first-order chi connectivity index (χ1) is 7.11. The SMILES string of the molecule is CC1NCN(CCOCCN(C)C)C1=O. The molecule has 0 aromatic carbocycles. The summed E-state index contributed by atoms with van der Waals surface area (Å²) in [7, 11) is 4.03. The van der Waals surface area contributed by atoms with Crippen molar-refractivity contribution >= 4 is 5.91 Å². The molecular weight excluding hydrogens is 194 g/mol. The Morgan fingerprint density at radius 3 is 2.80 bits per heavy atom. The second-order valence-corrected chi connectivity index (χ2v) is 4.10. The third kappa shape index (κ3) is 4.15. The molecule has 1 heterocycles. The molecule has 5 heteroatoms. The van der Waals surface area contributed by atoms with Gasteiger partial charge >= 0.3 is 0 Å². The van der Waals surface area contributed by atoms with Crippen LogP contribution in [-0.2, 0) is 9.53 Å². The molecule has 1 aliphatic heterocycles. The third-order valence-corrected chi connectivity index (χ3v) is 2.46. The van der Waals surface area contributed by atoms with Crippen LogP contribution in [0.5, 0.6) is 0 Å². The van der Waals surface area contributed by atoms with E-state index in [0.29, 0.717) is 19.8 Å². The van der Waals surface area contributed by atoms with Crippen LogP contribution in [0, 0.1) is 0 Å². The minimum atomic E-state index is -0.0354. The second kappa shape index (κ2) is 6.05. The van der Waals surface area contributed by atoms with Gasteiger partial charge in [-0.1, -0.05) is 0 Å². The maximum Gasteiger partial charge on any atom is 0.240 e. The number of hydrogen-bond donors (Lipinski definition) is 1. The Bertz CT molecular complexity index is 209. The Kier molecular flexibility index (Phi) is 5.01. The number of carbonyl (C=O) groups excluding carboxylic acids is 1. The van der Waals surface area contributed by atoms with Crippen molar-refractivity contribution in [2.45, 2.75) is 13.0 Å². The molecule has 5 nitrogen and oxygen atoms in total. The molecule has 0 bridgehead atoms. The zero-order valence-electron chi connectivity index (χ0n) is 9.82. The quantitative estimate of drug-likeness (QED) is 0.598. The molecule has 88 valence electrons. The van der Waals surface area contributed by atoms with Crippen LogP contribution in [0.4, 0.5) is 0 Å². The average molecular weight is 215 g/mol. The Morgan fingerprint density at radius 1 is 1.53 bits per heavy atom. The molecule has 1 aliphatic rings. The van der Waals surface area contributed by atoms with Crippen LogP contribution in [-0.4, -0.2) is 68.8 Å². The first-order valence-electron chi connectivity index (χ1n) is 5.36. The summed E-state index contributed by atoms with van der Waals surface area (Å²) in [5, 5.41) is 3.09. The van der Waals surface area contributed by atoms with E-state index in [9.17, 15) is 4.79 Å². The van der Waals surface area contributed by atoms with Crippen LogP contribution in [0.15, 0.2) is 0 Å². The van der Waals surface area contributed by atoms with Crippen LogP contribution >= 0.6 is 0 Å². The molecular formula is C10H21N3O2. The number of nitrogens with zero attached hydrogens (tertiary/aromatic N) is 2. The summed E-state index contributed by atoms with van der Waals surface area (Å²) in [5.74, 6) is 0.172. The standard InChI is InChI=1S/C10H21N3O2/c1-9-10(14)13(8-11-9)5-7-15-6-4-12(2)3/h9,11H,4-8H2,1-3H3. The van der Waals surface area contributed by atoms with Crippen LogP contribution in [0.3, 0.4) is 0 Å². The zero-order chi connectivity index (χ0) is 11.3. The van der Waals surface area contributed by atoms with Crippen molar-refractivity contribution in [3.63, 3.8) is 0 Å². The van der Waals surface area contributed by atoms with Gasteiger partial charge in [0.05, 0.1) is 25.9 Å². The van der Waals surface area contributed by atoms with Gasteiger partial charge in [0.1, 0.15) is 0 Å². The molecule has 0 aliphatic carbocycles. The summed E-state index contributed by atoms with van der Waals surface area (Å²) in [6.07, 6.45) is 0. The van der Waals surface area contributed by atoms with Crippen molar-refractivity contribution in [3.8, 4) is 0 Å². The Labute approximate surface area is 91.4 Å². The molecule has 15 heavy (non-hydrogen) atoms. The molecule has 0 aromatic heterocycles. The lowest BCUT2D eigenvalue weighted by Crippen LogP contribution is -2.32. The lowest BCUT2D eigenvalue weighted by atomic mass is 10.3. The lowest BCUT2D eigenvalue weighted by molar-refractivity contribution is -0.129. The number of ether oxygens (including phenoxy) is 1. The Hall–Kier alpha value is -0.650. The highest BCUT2D eigenvalue weighted by molar-refractivity contribution is 5.83. The fraction of sp³-hybridized carbons (Fsp3) is 0.900. The summed E-state index contributed by atoms with van der Waals surface area (Å²) in [4.78, 5) is 15.3. The molecule has 1 fully saturated rings. The first kappa shape index (κ1) is 12.4. The van der Waals surface area contributed by atoms with Crippen LogP contribution in [0.2, 0.25) is 0 Å².